The van der Waals surface area contributed by atoms with Gasteiger partial charge >= 0.3 is 0 Å². The van der Waals surface area contributed by atoms with E-state index in [0.717, 1.165) is 30.2 Å². The lowest BCUT2D eigenvalue weighted by molar-refractivity contribution is 0.413. The predicted octanol–water partition coefficient (Wildman–Crippen LogP) is 4.29. The van der Waals surface area contributed by atoms with Crippen LogP contribution in [0, 0.1) is 0 Å². The van der Waals surface area contributed by atoms with Gasteiger partial charge in [-0.1, -0.05) is 51.2 Å². The van der Waals surface area contributed by atoms with Crippen LogP contribution in [0.2, 0.25) is 0 Å². The maximum absolute atomic E-state index is 5.42. The second-order valence-corrected chi connectivity index (χ2v) is 6.74. The Morgan fingerprint density at radius 2 is 1.61 bits per heavy atom. The third-order valence-electron chi connectivity index (χ3n) is 3.85. The first-order valence-electron chi connectivity index (χ1n) is 8.90. The number of hydrogen-bond acceptors (Lipinski definition) is 3. The first-order valence-corrected chi connectivity index (χ1v) is 9.31. The number of nitrogens with one attached hydrogen (secondary N) is 2. The zero-order chi connectivity index (χ0) is 16.9. The number of anilines is 1. The molecule has 0 heterocycles. The summed E-state index contributed by atoms with van der Waals surface area (Å²) in [6, 6.07) is 8.42. The van der Waals surface area contributed by atoms with Gasteiger partial charge in [0.15, 0.2) is 0 Å². The standard InChI is InChI=1S/C19H33N3S/c1-4-5-6-7-8-9-14-20-18-12-10-17(11-13-18)19(23)21-15-16-22(2)3/h10-13,20H,4-9,14-16H2,1-3H3,(H,21,23). The molecule has 2 N–H and O–H groups in total. The van der Waals surface area contributed by atoms with Gasteiger partial charge < -0.3 is 15.5 Å². The second kappa shape index (κ2) is 12.3. The molecule has 1 aromatic carbocycles. The van der Waals surface area contributed by atoms with E-state index in [1.54, 1.807) is 0 Å². The van der Waals surface area contributed by atoms with E-state index >= 15 is 0 Å². The van der Waals surface area contributed by atoms with E-state index in [9.17, 15) is 0 Å². The van der Waals surface area contributed by atoms with E-state index in [2.05, 4.69) is 60.8 Å². The number of likely N-dealkylation sites (N-methyl/N-ethyl adjacent to an activating group) is 1. The van der Waals surface area contributed by atoms with Crippen molar-refractivity contribution < 1.29 is 0 Å². The summed E-state index contributed by atoms with van der Waals surface area (Å²) in [6.07, 6.45) is 8.00. The van der Waals surface area contributed by atoms with Crippen LogP contribution in [0.3, 0.4) is 0 Å². The molecular weight excluding hydrogens is 302 g/mol. The monoisotopic (exact) mass is 335 g/mol. The van der Waals surface area contributed by atoms with Gasteiger partial charge in [0.1, 0.15) is 4.99 Å². The van der Waals surface area contributed by atoms with Gasteiger partial charge in [-0.05, 0) is 44.8 Å². The van der Waals surface area contributed by atoms with Gasteiger partial charge in [0.2, 0.25) is 0 Å². The molecule has 0 saturated carbocycles. The summed E-state index contributed by atoms with van der Waals surface area (Å²) in [5.41, 5.74) is 2.27. The molecule has 0 saturated heterocycles. The SMILES string of the molecule is CCCCCCCCNc1ccc(C(=S)NCCN(C)C)cc1. The van der Waals surface area contributed by atoms with E-state index in [4.69, 9.17) is 12.2 Å². The fourth-order valence-corrected chi connectivity index (χ4v) is 2.61. The van der Waals surface area contributed by atoms with Crippen molar-refractivity contribution in [2.24, 2.45) is 0 Å². The van der Waals surface area contributed by atoms with Gasteiger partial charge in [0, 0.05) is 30.9 Å². The van der Waals surface area contributed by atoms with Crippen LogP contribution in [0.4, 0.5) is 5.69 Å². The first kappa shape index (κ1) is 19.9. The van der Waals surface area contributed by atoms with Crippen molar-refractivity contribution in [2.75, 3.05) is 39.0 Å². The van der Waals surface area contributed by atoms with E-state index in [1.807, 2.05) is 0 Å². The third kappa shape index (κ3) is 9.57. The molecule has 0 aliphatic heterocycles. The molecule has 0 radical (unpaired) electrons. The van der Waals surface area contributed by atoms with Crippen LogP contribution >= 0.6 is 12.2 Å². The van der Waals surface area contributed by atoms with Crippen molar-refractivity contribution in [1.82, 2.24) is 10.2 Å². The molecule has 3 nitrogen and oxygen atoms in total. The molecule has 0 aliphatic carbocycles. The Labute approximate surface area is 147 Å². The van der Waals surface area contributed by atoms with Crippen molar-refractivity contribution >= 4 is 22.9 Å². The molecule has 0 bridgehead atoms. The maximum atomic E-state index is 5.42. The summed E-state index contributed by atoms with van der Waals surface area (Å²) in [6.45, 7) is 5.17. The maximum Gasteiger partial charge on any atom is 0.106 e. The van der Waals surface area contributed by atoms with Gasteiger partial charge in [0.05, 0.1) is 0 Å². The van der Waals surface area contributed by atoms with E-state index in [0.29, 0.717) is 0 Å². The van der Waals surface area contributed by atoms with Crippen molar-refractivity contribution in [3.8, 4) is 0 Å². The highest BCUT2D eigenvalue weighted by atomic mass is 32.1. The smallest absolute Gasteiger partial charge is 0.106 e. The Hall–Kier alpha value is -1.13. The normalized spacial score (nSPS) is 10.8. The minimum atomic E-state index is 0.828. The Morgan fingerprint density at radius 3 is 2.26 bits per heavy atom. The Morgan fingerprint density at radius 1 is 0.957 bits per heavy atom. The highest BCUT2D eigenvalue weighted by molar-refractivity contribution is 7.80. The van der Waals surface area contributed by atoms with Crippen LogP contribution < -0.4 is 10.6 Å². The molecule has 0 atom stereocenters. The van der Waals surface area contributed by atoms with E-state index < -0.39 is 0 Å². The first-order chi connectivity index (χ1) is 11.1. The third-order valence-corrected chi connectivity index (χ3v) is 4.23. The Bertz CT molecular complexity index is 429. The largest absolute Gasteiger partial charge is 0.385 e. The van der Waals surface area contributed by atoms with Crippen molar-refractivity contribution in [3.63, 3.8) is 0 Å². The van der Waals surface area contributed by atoms with Crippen LogP contribution in [0.15, 0.2) is 24.3 Å². The second-order valence-electron chi connectivity index (χ2n) is 6.33. The highest BCUT2D eigenvalue weighted by Gasteiger charge is 2.01. The number of nitrogens with zero attached hydrogens (tertiary/aromatic N) is 1. The van der Waals surface area contributed by atoms with Gasteiger partial charge in [-0.3, -0.25) is 0 Å². The summed E-state index contributed by atoms with van der Waals surface area (Å²) in [5, 5.41) is 6.79. The van der Waals surface area contributed by atoms with Crippen LogP contribution in [0.25, 0.3) is 0 Å². The Balaban J connectivity index is 2.21. The average Bonchev–Trinajstić information content (AvgIpc) is 2.54. The number of rotatable bonds is 12. The van der Waals surface area contributed by atoms with Gasteiger partial charge in [-0.15, -0.1) is 0 Å². The zero-order valence-corrected chi connectivity index (χ0v) is 15.8. The summed E-state index contributed by atoms with van der Waals surface area (Å²) < 4.78 is 0. The van der Waals surface area contributed by atoms with E-state index in [-0.39, 0.29) is 0 Å². The number of benzene rings is 1. The van der Waals surface area contributed by atoms with Gasteiger partial charge in [0.25, 0.3) is 0 Å². The van der Waals surface area contributed by atoms with Crippen molar-refractivity contribution in [3.05, 3.63) is 29.8 Å². The summed E-state index contributed by atoms with van der Waals surface area (Å²) in [7, 11) is 4.13. The molecule has 0 spiro atoms. The topological polar surface area (TPSA) is 27.3 Å². The van der Waals surface area contributed by atoms with Crippen LogP contribution in [-0.4, -0.2) is 43.6 Å². The summed E-state index contributed by atoms with van der Waals surface area (Å²) >= 11 is 5.42. The average molecular weight is 336 g/mol. The van der Waals surface area contributed by atoms with Crippen molar-refractivity contribution in [2.45, 2.75) is 45.4 Å². The molecule has 1 rings (SSSR count). The number of unbranched alkanes of at least 4 members (excludes halogenated alkanes) is 5. The molecule has 1 aromatic rings. The number of hydrogen-bond donors (Lipinski definition) is 2. The van der Waals surface area contributed by atoms with Crippen LogP contribution in [0.5, 0.6) is 0 Å². The molecule has 4 heteroatoms. The molecule has 0 unspecified atom stereocenters. The minimum Gasteiger partial charge on any atom is -0.385 e. The molecule has 0 amide bonds. The lowest BCUT2D eigenvalue weighted by Gasteiger charge is -2.12. The van der Waals surface area contributed by atoms with Gasteiger partial charge in [-0.25, -0.2) is 0 Å². The molecule has 0 aliphatic rings. The fraction of sp³-hybridized carbons (Fsp3) is 0.632. The quantitative estimate of drug-likeness (QED) is 0.440. The van der Waals surface area contributed by atoms with Crippen LogP contribution in [-0.2, 0) is 0 Å². The van der Waals surface area contributed by atoms with Crippen LogP contribution in [0.1, 0.15) is 51.0 Å². The molecule has 130 valence electrons. The predicted molar refractivity (Wildman–Crippen MR) is 107 cm³/mol. The molecule has 0 fully saturated rings. The Kier molecular flexibility index (Phi) is 10.7. The minimum absolute atomic E-state index is 0.828. The molecule has 0 aromatic heterocycles. The highest BCUT2D eigenvalue weighted by Crippen LogP contribution is 2.11. The van der Waals surface area contributed by atoms with E-state index in [1.165, 1.54) is 44.2 Å². The van der Waals surface area contributed by atoms with Crippen molar-refractivity contribution in [1.29, 1.82) is 0 Å². The summed E-state index contributed by atoms with van der Waals surface area (Å²) in [4.78, 5) is 2.97. The molecular formula is C19H33N3S. The number of thiocarbonyl (C=S) groups is 1. The molecule has 23 heavy (non-hydrogen) atoms. The zero-order valence-electron chi connectivity index (χ0n) is 15.0. The fourth-order valence-electron chi connectivity index (χ4n) is 2.37. The lowest BCUT2D eigenvalue weighted by atomic mass is 10.1. The summed E-state index contributed by atoms with van der Waals surface area (Å²) in [5.74, 6) is 0. The van der Waals surface area contributed by atoms with Gasteiger partial charge in [-0.2, -0.15) is 0 Å². The lowest BCUT2D eigenvalue weighted by Crippen LogP contribution is -2.30.